The first-order valence-electron chi connectivity index (χ1n) is 7.95. The van der Waals surface area contributed by atoms with E-state index in [4.69, 9.17) is 10.00 Å². The molecule has 2 aromatic rings. The summed E-state index contributed by atoms with van der Waals surface area (Å²) < 4.78 is 5.62. The molecule has 1 aliphatic rings. The second kappa shape index (κ2) is 7.45. The molecule has 0 radical (unpaired) electrons. The van der Waals surface area contributed by atoms with E-state index < -0.39 is 5.91 Å². The van der Waals surface area contributed by atoms with Gasteiger partial charge in [0.15, 0.2) is 0 Å². The summed E-state index contributed by atoms with van der Waals surface area (Å²) in [6, 6.07) is 16.4. The van der Waals surface area contributed by atoms with Gasteiger partial charge >= 0.3 is 0 Å². The monoisotopic (exact) mass is 332 g/mol. The molecule has 5 nitrogen and oxygen atoms in total. The highest BCUT2D eigenvalue weighted by Gasteiger charge is 2.26. The molecule has 25 heavy (non-hydrogen) atoms. The van der Waals surface area contributed by atoms with Crippen molar-refractivity contribution >= 4 is 23.5 Å². The second-order valence-electron chi connectivity index (χ2n) is 5.57. The normalized spacial score (nSPS) is 14.6. The number of nitrogens with zero attached hydrogens (tertiary/aromatic N) is 1. The Morgan fingerprint density at radius 3 is 2.64 bits per heavy atom. The van der Waals surface area contributed by atoms with Gasteiger partial charge in [-0.25, -0.2) is 0 Å². The lowest BCUT2D eigenvalue weighted by Gasteiger charge is -2.18. The van der Waals surface area contributed by atoms with Crippen molar-refractivity contribution in [1.82, 2.24) is 5.32 Å². The van der Waals surface area contributed by atoms with Crippen LogP contribution in [0.4, 0.5) is 0 Å². The molecular weight excluding hydrogens is 316 g/mol. The summed E-state index contributed by atoms with van der Waals surface area (Å²) >= 11 is 0. The Morgan fingerprint density at radius 2 is 1.84 bits per heavy atom. The lowest BCUT2D eigenvalue weighted by Crippen LogP contribution is -2.36. The van der Waals surface area contributed by atoms with E-state index >= 15 is 0 Å². The van der Waals surface area contributed by atoms with E-state index in [-0.39, 0.29) is 5.91 Å². The summed E-state index contributed by atoms with van der Waals surface area (Å²) in [6.45, 7) is 0.464. The zero-order valence-corrected chi connectivity index (χ0v) is 13.5. The number of imide groups is 1. The lowest BCUT2D eigenvalue weighted by atomic mass is 9.93. The van der Waals surface area contributed by atoms with E-state index in [2.05, 4.69) is 11.4 Å². The van der Waals surface area contributed by atoms with Crippen LogP contribution in [-0.2, 0) is 4.79 Å². The molecule has 0 unspecified atom stereocenters. The fraction of sp³-hybridized carbons (Fsp3) is 0.150. The Labute approximate surface area is 145 Å². The number of unbranched alkanes of at least 4 members (excludes halogenated alkanes) is 1. The Bertz CT molecular complexity index is 894. The van der Waals surface area contributed by atoms with Crippen LogP contribution in [0.15, 0.2) is 48.5 Å². The highest BCUT2D eigenvalue weighted by Crippen LogP contribution is 2.27. The largest absolute Gasteiger partial charge is 0.494 e. The molecule has 2 amide bonds. The van der Waals surface area contributed by atoms with Crippen molar-refractivity contribution in [1.29, 1.82) is 5.26 Å². The highest BCUT2D eigenvalue weighted by molar-refractivity contribution is 6.33. The predicted octanol–water partition coefficient (Wildman–Crippen LogP) is 3.18. The van der Waals surface area contributed by atoms with Gasteiger partial charge in [0.1, 0.15) is 5.75 Å². The second-order valence-corrected chi connectivity index (χ2v) is 5.57. The number of rotatable bonds is 5. The molecule has 1 N–H and O–H groups in total. The Kier molecular flexibility index (Phi) is 4.91. The van der Waals surface area contributed by atoms with E-state index in [1.54, 1.807) is 30.3 Å². The zero-order valence-electron chi connectivity index (χ0n) is 13.5. The molecule has 124 valence electrons. The zero-order chi connectivity index (χ0) is 17.6. The molecule has 0 atom stereocenters. The van der Waals surface area contributed by atoms with Gasteiger partial charge in [-0.15, -0.1) is 0 Å². The van der Waals surface area contributed by atoms with Gasteiger partial charge in [0.05, 0.1) is 12.7 Å². The van der Waals surface area contributed by atoms with Crippen molar-refractivity contribution < 1.29 is 14.3 Å². The standard InChI is InChI=1S/C20H16N2O3/c21-10-3-4-11-25-15-7-5-6-14(12-15)13-18-16-8-1-2-9-17(16)19(23)22-20(18)24/h1-2,5-9,12-13H,3-4,11H2,(H,22,23,24)/b18-13-. The van der Waals surface area contributed by atoms with Crippen molar-refractivity contribution in [3.63, 3.8) is 0 Å². The van der Waals surface area contributed by atoms with Crippen LogP contribution in [0.3, 0.4) is 0 Å². The minimum Gasteiger partial charge on any atom is -0.494 e. The van der Waals surface area contributed by atoms with E-state index in [0.29, 0.717) is 41.9 Å². The Hall–Kier alpha value is -3.39. The van der Waals surface area contributed by atoms with Crippen LogP contribution in [0.2, 0.25) is 0 Å². The third kappa shape index (κ3) is 3.75. The van der Waals surface area contributed by atoms with E-state index in [1.165, 1.54) is 0 Å². The average Bonchev–Trinajstić information content (AvgIpc) is 2.63. The number of carbonyl (C=O) groups excluding carboxylic acids is 2. The van der Waals surface area contributed by atoms with Crippen molar-refractivity contribution in [2.45, 2.75) is 12.8 Å². The summed E-state index contributed by atoms with van der Waals surface area (Å²) in [7, 11) is 0. The maximum atomic E-state index is 12.2. The van der Waals surface area contributed by atoms with Crippen LogP contribution in [-0.4, -0.2) is 18.4 Å². The van der Waals surface area contributed by atoms with Gasteiger partial charge in [-0.2, -0.15) is 5.26 Å². The van der Waals surface area contributed by atoms with Gasteiger partial charge in [-0.1, -0.05) is 30.3 Å². The van der Waals surface area contributed by atoms with Crippen LogP contribution < -0.4 is 10.1 Å². The molecule has 0 aliphatic carbocycles. The van der Waals surface area contributed by atoms with E-state index in [9.17, 15) is 9.59 Å². The molecule has 0 fully saturated rings. The van der Waals surface area contributed by atoms with Gasteiger partial charge in [0, 0.05) is 17.6 Å². The van der Waals surface area contributed by atoms with Crippen LogP contribution >= 0.6 is 0 Å². The molecule has 0 aromatic heterocycles. The van der Waals surface area contributed by atoms with Crippen molar-refractivity contribution in [2.24, 2.45) is 0 Å². The maximum absolute atomic E-state index is 12.2. The minimum atomic E-state index is -0.413. The number of nitriles is 1. The fourth-order valence-corrected chi connectivity index (χ4v) is 2.62. The molecule has 0 bridgehead atoms. The first-order valence-corrected chi connectivity index (χ1v) is 7.95. The minimum absolute atomic E-state index is 0.382. The summed E-state index contributed by atoms with van der Waals surface area (Å²) in [5.74, 6) is -0.121. The van der Waals surface area contributed by atoms with Crippen LogP contribution in [0, 0.1) is 11.3 Å². The number of ether oxygens (including phenoxy) is 1. The predicted molar refractivity (Wildman–Crippen MR) is 93.6 cm³/mol. The topological polar surface area (TPSA) is 79.2 Å². The lowest BCUT2D eigenvalue weighted by molar-refractivity contribution is -0.114. The smallest absolute Gasteiger partial charge is 0.258 e. The van der Waals surface area contributed by atoms with E-state index in [1.807, 2.05) is 24.3 Å². The van der Waals surface area contributed by atoms with Crippen LogP contribution in [0.5, 0.6) is 5.75 Å². The van der Waals surface area contributed by atoms with Crippen molar-refractivity contribution in [3.8, 4) is 11.8 Å². The number of fused-ring (bicyclic) bond motifs is 1. The SMILES string of the molecule is N#CCCCOc1cccc(/C=C2\C(=O)NC(=O)c3ccccc32)c1. The van der Waals surface area contributed by atoms with Gasteiger partial charge in [-0.05, 0) is 41.8 Å². The summed E-state index contributed by atoms with van der Waals surface area (Å²) in [6.07, 6.45) is 2.86. The third-order valence-corrected chi connectivity index (χ3v) is 3.80. The van der Waals surface area contributed by atoms with Gasteiger partial charge < -0.3 is 4.74 Å². The molecular formula is C20H16N2O3. The van der Waals surface area contributed by atoms with Crippen LogP contribution in [0.1, 0.15) is 34.3 Å². The molecule has 0 saturated carbocycles. The molecule has 1 heterocycles. The molecule has 1 aliphatic heterocycles. The Balaban J connectivity index is 1.88. The molecule has 3 rings (SSSR count). The molecule has 2 aromatic carbocycles. The van der Waals surface area contributed by atoms with Gasteiger partial charge in [0.25, 0.3) is 11.8 Å². The molecule has 0 saturated heterocycles. The summed E-state index contributed by atoms with van der Waals surface area (Å²) in [5.41, 5.74) is 2.35. The number of nitrogens with one attached hydrogen (secondary N) is 1. The summed E-state index contributed by atoms with van der Waals surface area (Å²) in [5, 5.41) is 10.9. The summed E-state index contributed by atoms with van der Waals surface area (Å²) in [4.78, 5) is 24.2. The number of benzene rings is 2. The number of carbonyl (C=O) groups is 2. The molecule has 0 spiro atoms. The number of amides is 2. The quantitative estimate of drug-likeness (QED) is 0.518. The maximum Gasteiger partial charge on any atom is 0.258 e. The number of hydrogen-bond donors (Lipinski definition) is 1. The number of hydrogen-bond acceptors (Lipinski definition) is 4. The first kappa shape index (κ1) is 16.5. The van der Waals surface area contributed by atoms with Crippen molar-refractivity contribution in [3.05, 3.63) is 65.2 Å². The average molecular weight is 332 g/mol. The van der Waals surface area contributed by atoms with E-state index in [0.717, 1.165) is 5.56 Å². The van der Waals surface area contributed by atoms with Crippen LogP contribution in [0.25, 0.3) is 11.6 Å². The Morgan fingerprint density at radius 1 is 1.04 bits per heavy atom. The van der Waals surface area contributed by atoms with Gasteiger partial charge in [-0.3, -0.25) is 14.9 Å². The van der Waals surface area contributed by atoms with Gasteiger partial charge in [0.2, 0.25) is 0 Å². The third-order valence-electron chi connectivity index (χ3n) is 3.80. The highest BCUT2D eigenvalue weighted by atomic mass is 16.5. The first-order chi connectivity index (χ1) is 12.2. The van der Waals surface area contributed by atoms with Crippen molar-refractivity contribution in [2.75, 3.05) is 6.61 Å². The fourth-order valence-electron chi connectivity index (χ4n) is 2.62. The molecule has 5 heteroatoms.